The molecule has 1 aromatic heterocycles. The van der Waals surface area contributed by atoms with E-state index in [4.69, 9.17) is 0 Å². The summed E-state index contributed by atoms with van der Waals surface area (Å²) in [7, 11) is 0. The van der Waals surface area contributed by atoms with Gasteiger partial charge in [0.2, 0.25) is 0 Å². The minimum atomic E-state index is -0.140. The van der Waals surface area contributed by atoms with Crippen molar-refractivity contribution in [3.05, 3.63) is 193 Å². The molecular formula is C55H36S. The van der Waals surface area contributed by atoms with Gasteiger partial charge in [-0.05, 0) is 118 Å². The van der Waals surface area contributed by atoms with Crippen LogP contribution < -0.4 is 0 Å². The maximum Gasteiger partial charge on any atom is 0.0437 e. The molecule has 12 rings (SSSR count). The molecule has 11 aromatic rings. The van der Waals surface area contributed by atoms with Crippen LogP contribution in [0.3, 0.4) is 0 Å². The summed E-state index contributed by atoms with van der Waals surface area (Å²) in [6.45, 7) is 4.85. The van der Waals surface area contributed by atoms with Crippen LogP contribution in [-0.2, 0) is 5.41 Å². The molecule has 10 aromatic carbocycles. The summed E-state index contributed by atoms with van der Waals surface area (Å²) in [5.41, 5.74) is 13.0. The van der Waals surface area contributed by atoms with Crippen LogP contribution in [0.2, 0.25) is 0 Å². The molecule has 0 unspecified atom stereocenters. The number of hydrogen-bond donors (Lipinski definition) is 0. The van der Waals surface area contributed by atoms with Crippen molar-refractivity contribution >= 4 is 74.6 Å². The molecule has 0 atom stereocenters. The maximum absolute atomic E-state index is 2.49. The van der Waals surface area contributed by atoms with Gasteiger partial charge in [0, 0.05) is 31.0 Å². The van der Waals surface area contributed by atoms with E-state index in [1.165, 1.54) is 119 Å². The standard InChI is InChI=1S/C55H36S/c1-55(2)48-29-26-39(32-47(48)45-27-24-34-25-28-46-40-14-10-11-19-49(40)56-54(46)52(34)53(45)55)51-43-17-8-6-15-41(43)50(42-16-7-9-18-44(42)51)38-23-22-36-30-35(20-21-37(36)31-38)33-12-4-3-5-13-33/h3-32H,1-2H3. The van der Waals surface area contributed by atoms with Crippen LogP contribution in [0.15, 0.2) is 182 Å². The van der Waals surface area contributed by atoms with E-state index >= 15 is 0 Å². The van der Waals surface area contributed by atoms with Gasteiger partial charge in [-0.15, -0.1) is 11.3 Å². The number of fused-ring (bicyclic) bond motifs is 12. The number of benzene rings is 10. The largest absolute Gasteiger partial charge is 0.135 e. The Kier molecular flexibility index (Phi) is 6.66. The third-order valence-corrected chi connectivity index (χ3v) is 13.8. The molecule has 1 heterocycles. The Bertz CT molecular complexity index is 3380. The van der Waals surface area contributed by atoms with Gasteiger partial charge in [0.05, 0.1) is 0 Å². The predicted octanol–water partition coefficient (Wildman–Crippen LogP) is 16.0. The summed E-state index contributed by atoms with van der Waals surface area (Å²) in [4.78, 5) is 0. The van der Waals surface area contributed by atoms with Gasteiger partial charge in [-0.25, -0.2) is 0 Å². The highest BCUT2D eigenvalue weighted by Crippen LogP contribution is 2.55. The van der Waals surface area contributed by atoms with E-state index in [0.29, 0.717) is 0 Å². The summed E-state index contributed by atoms with van der Waals surface area (Å²) in [5.74, 6) is 0. The van der Waals surface area contributed by atoms with Gasteiger partial charge in [-0.1, -0.05) is 172 Å². The van der Waals surface area contributed by atoms with Crippen LogP contribution >= 0.6 is 11.3 Å². The van der Waals surface area contributed by atoms with Crippen molar-refractivity contribution in [2.75, 3.05) is 0 Å². The first-order valence-electron chi connectivity index (χ1n) is 19.6. The van der Waals surface area contributed by atoms with Gasteiger partial charge >= 0.3 is 0 Å². The summed E-state index contributed by atoms with van der Waals surface area (Å²) in [6, 6.07) is 68.1. The second-order valence-electron chi connectivity index (χ2n) is 16.0. The number of hydrogen-bond acceptors (Lipinski definition) is 1. The fraction of sp³-hybridized carbons (Fsp3) is 0.0545. The third kappa shape index (κ3) is 4.47. The van der Waals surface area contributed by atoms with Crippen molar-refractivity contribution in [2.45, 2.75) is 19.3 Å². The highest BCUT2D eigenvalue weighted by Gasteiger charge is 2.38. The fourth-order valence-corrected chi connectivity index (χ4v) is 11.3. The van der Waals surface area contributed by atoms with E-state index in [2.05, 4.69) is 196 Å². The Labute approximate surface area is 329 Å². The Morgan fingerprint density at radius 2 is 0.911 bits per heavy atom. The van der Waals surface area contributed by atoms with Crippen LogP contribution in [0.1, 0.15) is 25.0 Å². The van der Waals surface area contributed by atoms with Crippen molar-refractivity contribution in [3.8, 4) is 44.5 Å². The molecule has 0 aliphatic heterocycles. The van der Waals surface area contributed by atoms with Gasteiger partial charge in [0.1, 0.15) is 0 Å². The molecule has 262 valence electrons. The predicted molar refractivity (Wildman–Crippen MR) is 243 cm³/mol. The SMILES string of the molecule is CC1(C)c2ccc(-c3c4ccccc4c(-c4ccc5cc(-c6ccccc6)ccc5c4)c4ccccc34)cc2-c2ccc3ccc4c5ccccc5sc4c3c21. The van der Waals surface area contributed by atoms with E-state index in [1.54, 1.807) is 0 Å². The zero-order valence-corrected chi connectivity index (χ0v) is 32.0. The summed E-state index contributed by atoms with van der Waals surface area (Å²) < 4.78 is 2.76. The van der Waals surface area contributed by atoms with Crippen LogP contribution in [0.4, 0.5) is 0 Å². The van der Waals surface area contributed by atoms with Crippen LogP contribution in [0.5, 0.6) is 0 Å². The lowest BCUT2D eigenvalue weighted by molar-refractivity contribution is 0.667. The zero-order valence-electron chi connectivity index (χ0n) is 31.2. The third-order valence-electron chi connectivity index (χ3n) is 12.6. The van der Waals surface area contributed by atoms with Crippen molar-refractivity contribution in [1.82, 2.24) is 0 Å². The Hall–Kier alpha value is -6.54. The van der Waals surface area contributed by atoms with Gasteiger partial charge in [-0.3, -0.25) is 0 Å². The van der Waals surface area contributed by atoms with Crippen molar-refractivity contribution < 1.29 is 0 Å². The average Bonchev–Trinajstić information content (AvgIpc) is 3.74. The minimum Gasteiger partial charge on any atom is -0.135 e. The molecule has 1 aliphatic rings. The van der Waals surface area contributed by atoms with Gasteiger partial charge in [0.15, 0.2) is 0 Å². The molecule has 0 nitrogen and oxygen atoms in total. The second kappa shape index (κ2) is 11.7. The van der Waals surface area contributed by atoms with Crippen LogP contribution in [0, 0.1) is 0 Å². The Morgan fingerprint density at radius 3 is 1.61 bits per heavy atom. The minimum absolute atomic E-state index is 0.140. The zero-order chi connectivity index (χ0) is 37.1. The smallest absolute Gasteiger partial charge is 0.0437 e. The molecule has 0 fully saturated rings. The quantitative estimate of drug-likeness (QED) is 0.159. The van der Waals surface area contributed by atoms with Gasteiger partial charge in [0.25, 0.3) is 0 Å². The molecular weight excluding hydrogens is 693 g/mol. The normalized spacial score (nSPS) is 13.3. The molecule has 0 amide bonds. The molecule has 0 bridgehead atoms. The molecule has 0 saturated heterocycles. The van der Waals surface area contributed by atoms with E-state index < -0.39 is 0 Å². The molecule has 0 N–H and O–H groups in total. The highest BCUT2D eigenvalue weighted by molar-refractivity contribution is 7.26. The first kappa shape index (κ1) is 31.8. The first-order chi connectivity index (χ1) is 27.5. The fourth-order valence-electron chi connectivity index (χ4n) is 10.0. The molecule has 0 radical (unpaired) electrons. The van der Waals surface area contributed by atoms with Gasteiger partial charge in [-0.2, -0.15) is 0 Å². The lowest BCUT2D eigenvalue weighted by atomic mass is 9.79. The second-order valence-corrected chi connectivity index (χ2v) is 17.0. The Balaban J connectivity index is 1.06. The van der Waals surface area contributed by atoms with E-state index in [0.717, 1.165) is 0 Å². The van der Waals surface area contributed by atoms with E-state index in [9.17, 15) is 0 Å². The van der Waals surface area contributed by atoms with Crippen molar-refractivity contribution in [3.63, 3.8) is 0 Å². The summed E-state index contributed by atoms with van der Waals surface area (Å²) >= 11 is 1.94. The van der Waals surface area contributed by atoms with Gasteiger partial charge < -0.3 is 0 Å². The number of rotatable bonds is 3. The molecule has 0 spiro atoms. The molecule has 1 heteroatoms. The molecule has 0 saturated carbocycles. The van der Waals surface area contributed by atoms with Crippen LogP contribution in [-0.4, -0.2) is 0 Å². The summed E-state index contributed by atoms with van der Waals surface area (Å²) in [6.07, 6.45) is 0. The molecule has 56 heavy (non-hydrogen) atoms. The monoisotopic (exact) mass is 728 g/mol. The maximum atomic E-state index is 2.49. The lowest BCUT2D eigenvalue weighted by Gasteiger charge is -2.24. The number of thiophene rings is 1. The van der Waals surface area contributed by atoms with Crippen molar-refractivity contribution in [1.29, 1.82) is 0 Å². The summed E-state index contributed by atoms with van der Waals surface area (Å²) in [5, 5.41) is 13.1. The highest BCUT2D eigenvalue weighted by atomic mass is 32.1. The average molecular weight is 729 g/mol. The topological polar surface area (TPSA) is 0 Å². The van der Waals surface area contributed by atoms with E-state index in [-0.39, 0.29) is 5.41 Å². The molecule has 1 aliphatic carbocycles. The lowest BCUT2D eigenvalue weighted by Crippen LogP contribution is -2.15. The Morgan fingerprint density at radius 1 is 0.375 bits per heavy atom. The van der Waals surface area contributed by atoms with Crippen LogP contribution in [0.25, 0.3) is 108 Å². The first-order valence-corrected chi connectivity index (χ1v) is 20.4. The van der Waals surface area contributed by atoms with E-state index in [1.807, 2.05) is 11.3 Å². The van der Waals surface area contributed by atoms with Crippen molar-refractivity contribution in [2.24, 2.45) is 0 Å².